The highest BCUT2D eigenvalue weighted by molar-refractivity contribution is 5.29. The summed E-state index contributed by atoms with van der Waals surface area (Å²) < 4.78 is 1.69. The third-order valence-corrected chi connectivity index (χ3v) is 2.27. The molecule has 2 heterocycles. The van der Waals surface area contributed by atoms with Gasteiger partial charge in [0, 0.05) is 29.9 Å². The van der Waals surface area contributed by atoms with Gasteiger partial charge in [0.15, 0.2) is 5.82 Å². The topological polar surface area (TPSA) is 69.1 Å². The van der Waals surface area contributed by atoms with Crippen molar-refractivity contribution in [3.63, 3.8) is 0 Å². The molecule has 0 aliphatic carbocycles. The molecule has 80 valence electrons. The van der Waals surface area contributed by atoms with Gasteiger partial charge in [0.05, 0.1) is 0 Å². The maximum atomic E-state index is 5.77. The molecule has 0 spiro atoms. The maximum absolute atomic E-state index is 5.77. The zero-order valence-electron chi connectivity index (χ0n) is 9.18. The van der Waals surface area contributed by atoms with Crippen molar-refractivity contribution >= 4 is 5.78 Å². The second kappa shape index (κ2) is 3.58. The quantitative estimate of drug-likeness (QED) is 0.801. The van der Waals surface area contributed by atoms with E-state index in [-0.39, 0.29) is 6.04 Å². The van der Waals surface area contributed by atoms with Crippen LogP contribution in [0.5, 0.6) is 0 Å². The van der Waals surface area contributed by atoms with Crippen molar-refractivity contribution in [3.8, 4) is 0 Å². The van der Waals surface area contributed by atoms with Crippen LogP contribution in [-0.2, 0) is 0 Å². The Bertz CT molecular complexity index is 466. The highest BCUT2D eigenvalue weighted by Crippen LogP contribution is 2.12. The molecular weight excluding hydrogens is 190 g/mol. The van der Waals surface area contributed by atoms with E-state index in [1.165, 1.54) is 0 Å². The van der Waals surface area contributed by atoms with Crippen molar-refractivity contribution in [2.24, 2.45) is 5.73 Å². The van der Waals surface area contributed by atoms with E-state index >= 15 is 0 Å². The van der Waals surface area contributed by atoms with Crippen LogP contribution < -0.4 is 5.73 Å². The van der Waals surface area contributed by atoms with Crippen LogP contribution in [0, 0.1) is 0 Å². The molecule has 0 aliphatic heterocycles. The van der Waals surface area contributed by atoms with Gasteiger partial charge < -0.3 is 5.73 Å². The van der Waals surface area contributed by atoms with Gasteiger partial charge in [-0.05, 0) is 6.92 Å². The fourth-order valence-electron chi connectivity index (χ4n) is 1.29. The van der Waals surface area contributed by atoms with Crippen LogP contribution in [0.15, 0.2) is 12.4 Å². The molecule has 1 atom stereocenters. The average Bonchev–Trinajstić information content (AvgIpc) is 2.59. The Hall–Kier alpha value is -1.49. The van der Waals surface area contributed by atoms with Gasteiger partial charge in [-0.1, -0.05) is 13.8 Å². The van der Waals surface area contributed by atoms with Crippen LogP contribution in [0.4, 0.5) is 0 Å². The summed E-state index contributed by atoms with van der Waals surface area (Å²) in [5.74, 6) is 1.75. The molecule has 2 aromatic rings. The highest BCUT2D eigenvalue weighted by Gasteiger charge is 2.09. The van der Waals surface area contributed by atoms with Crippen molar-refractivity contribution in [1.82, 2.24) is 19.6 Å². The molecule has 0 saturated carbocycles. The van der Waals surface area contributed by atoms with E-state index in [4.69, 9.17) is 5.73 Å². The van der Waals surface area contributed by atoms with Crippen LogP contribution in [0.3, 0.4) is 0 Å². The second-order valence-electron chi connectivity index (χ2n) is 4.05. The zero-order chi connectivity index (χ0) is 11.0. The molecule has 1 unspecified atom stereocenters. The number of aromatic nitrogens is 4. The predicted molar refractivity (Wildman–Crippen MR) is 57.5 cm³/mol. The van der Waals surface area contributed by atoms with Crippen LogP contribution in [0.25, 0.3) is 5.78 Å². The number of nitrogens with zero attached hydrogens (tertiary/aromatic N) is 4. The number of rotatable bonds is 2. The molecule has 2 N–H and O–H groups in total. The normalized spacial score (nSPS) is 13.7. The third kappa shape index (κ3) is 1.83. The summed E-state index contributed by atoms with van der Waals surface area (Å²) in [5.41, 5.74) is 6.73. The third-order valence-electron chi connectivity index (χ3n) is 2.27. The first-order chi connectivity index (χ1) is 7.08. The Balaban J connectivity index is 2.52. The van der Waals surface area contributed by atoms with Gasteiger partial charge in [-0.2, -0.15) is 4.98 Å². The maximum Gasteiger partial charge on any atom is 0.252 e. The number of nitrogens with two attached hydrogens (primary N) is 1. The minimum absolute atomic E-state index is 0.0337. The lowest BCUT2D eigenvalue weighted by molar-refractivity contribution is 0.752. The molecule has 0 bridgehead atoms. The average molecular weight is 205 g/mol. The number of fused-ring (bicyclic) bond motifs is 1. The van der Waals surface area contributed by atoms with E-state index in [1.807, 2.05) is 13.1 Å². The van der Waals surface area contributed by atoms with E-state index < -0.39 is 0 Å². The van der Waals surface area contributed by atoms with E-state index in [1.54, 1.807) is 10.7 Å². The van der Waals surface area contributed by atoms with E-state index in [9.17, 15) is 0 Å². The first kappa shape index (κ1) is 10.0. The lowest BCUT2D eigenvalue weighted by Crippen LogP contribution is -2.07. The summed E-state index contributed by atoms with van der Waals surface area (Å²) in [6.07, 6.45) is 3.63. The van der Waals surface area contributed by atoms with Gasteiger partial charge >= 0.3 is 0 Å². The molecule has 2 rings (SSSR count). The monoisotopic (exact) mass is 205 g/mol. The Kier molecular flexibility index (Phi) is 2.40. The van der Waals surface area contributed by atoms with E-state index in [0.29, 0.717) is 11.7 Å². The molecule has 0 aliphatic rings. The molecule has 0 radical (unpaired) electrons. The van der Waals surface area contributed by atoms with Crippen LogP contribution in [0.1, 0.15) is 44.1 Å². The van der Waals surface area contributed by atoms with Crippen molar-refractivity contribution in [1.29, 1.82) is 0 Å². The molecule has 0 fully saturated rings. The Morgan fingerprint density at radius 1 is 1.33 bits per heavy atom. The van der Waals surface area contributed by atoms with Gasteiger partial charge in [0.25, 0.3) is 5.78 Å². The molecule has 0 amide bonds. The van der Waals surface area contributed by atoms with Crippen molar-refractivity contribution in [2.75, 3.05) is 0 Å². The molecular formula is C10H15N5. The largest absolute Gasteiger partial charge is 0.324 e. The summed E-state index contributed by atoms with van der Waals surface area (Å²) in [6.45, 7) is 6.03. The first-order valence-corrected chi connectivity index (χ1v) is 5.05. The van der Waals surface area contributed by atoms with Gasteiger partial charge in [-0.25, -0.2) is 9.50 Å². The van der Waals surface area contributed by atoms with Gasteiger partial charge in [0.1, 0.15) is 0 Å². The Morgan fingerprint density at radius 3 is 2.67 bits per heavy atom. The summed E-state index contributed by atoms with van der Waals surface area (Å²) in [7, 11) is 0. The fourth-order valence-corrected chi connectivity index (χ4v) is 1.29. The fraction of sp³-hybridized carbons (Fsp3) is 0.500. The molecule has 5 nitrogen and oxygen atoms in total. The molecule has 5 heteroatoms. The van der Waals surface area contributed by atoms with Gasteiger partial charge in [0.2, 0.25) is 0 Å². The highest BCUT2D eigenvalue weighted by atomic mass is 15.3. The first-order valence-electron chi connectivity index (χ1n) is 5.05. The standard InChI is InChI=1S/C10H15N5/c1-6(2)9-13-10-12-4-8(7(3)11)5-15(10)14-9/h4-7H,11H2,1-3H3. The Morgan fingerprint density at radius 2 is 2.07 bits per heavy atom. The second-order valence-corrected chi connectivity index (χ2v) is 4.05. The zero-order valence-corrected chi connectivity index (χ0v) is 9.18. The lowest BCUT2D eigenvalue weighted by Gasteiger charge is -2.03. The lowest BCUT2D eigenvalue weighted by atomic mass is 10.2. The minimum atomic E-state index is -0.0337. The summed E-state index contributed by atoms with van der Waals surface area (Å²) in [4.78, 5) is 8.53. The number of hydrogen-bond acceptors (Lipinski definition) is 4. The molecule has 2 aromatic heterocycles. The number of hydrogen-bond donors (Lipinski definition) is 1. The summed E-state index contributed by atoms with van der Waals surface area (Å²) in [6, 6.07) is -0.0337. The minimum Gasteiger partial charge on any atom is -0.324 e. The Labute approximate surface area is 88.3 Å². The van der Waals surface area contributed by atoms with Gasteiger partial charge in [-0.15, -0.1) is 5.10 Å². The SMILES string of the molecule is CC(C)c1nc2ncc(C(C)N)cn2n1. The summed E-state index contributed by atoms with van der Waals surface area (Å²) in [5, 5.41) is 4.34. The van der Waals surface area contributed by atoms with Crippen LogP contribution in [-0.4, -0.2) is 19.6 Å². The van der Waals surface area contributed by atoms with E-state index in [2.05, 4.69) is 28.9 Å². The van der Waals surface area contributed by atoms with Crippen LogP contribution in [0.2, 0.25) is 0 Å². The molecule has 15 heavy (non-hydrogen) atoms. The summed E-state index contributed by atoms with van der Waals surface area (Å²) >= 11 is 0. The van der Waals surface area contributed by atoms with Crippen molar-refractivity contribution in [2.45, 2.75) is 32.7 Å². The van der Waals surface area contributed by atoms with Crippen LogP contribution >= 0.6 is 0 Å². The molecule has 0 saturated heterocycles. The molecule has 0 aromatic carbocycles. The predicted octanol–water partition coefficient (Wildman–Crippen LogP) is 1.27. The van der Waals surface area contributed by atoms with Crippen molar-refractivity contribution < 1.29 is 0 Å². The van der Waals surface area contributed by atoms with E-state index in [0.717, 1.165) is 11.4 Å². The van der Waals surface area contributed by atoms with Gasteiger partial charge in [-0.3, -0.25) is 0 Å². The smallest absolute Gasteiger partial charge is 0.252 e. The van der Waals surface area contributed by atoms with Crippen molar-refractivity contribution in [3.05, 3.63) is 23.8 Å².